The van der Waals surface area contributed by atoms with Gasteiger partial charge in [0.25, 0.3) is 0 Å². The van der Waals surface area contributed by atoms with Crippen LogP contribution in [0.15, 0.2) is 53.7 Å². The van der Waals surface area contributed by atoms with Gasteiger partial charge in [0, 0.05) is 64.7 Å². The zero-order valence-electron chi connectivity index (χ0n) is 16.7. The smallest absolute Gasteiger partial charge is 0.194 e. The van der Waals surface area contributed by atoms with Crippen molar-refractivity contribution in [1.82, 2.24) is 15.2 Å². The largest absolute Gasteiger partial charge is 0.368 e. The third-order valence-electron chi connectivity index (χ3n) is 5.60. The summed E-state index contributed by atoms with van der Waals surface area (Å²) < 4.78 is 0. The minimum absolute atomic E-state index is 0.749. The first-order valence-electron chi connectivity index (χ1n) is 10.3. The number of aliphatic imine (C=N–C) groups is 1. The second kappa shape index (κ2) is 8.95. The molecule has 0 atom stereocenters. The van der Waals surface area contributed by atoms with Gasteiger partial charge in [-0.2, -0.15) is 0 Å². The molecule has 0 amide bonds. The summed E-state index contributed by atoms with van der Waals surface area (Å²) in [6.07, 6.45) is 4.54. The van der Waals surface area contributed by atoms with E-state index in [4.69, 9.17) is 0 Å². The molecule has 1 aromatic carbocycles. The van der Waals surface area contributed by atoms with E-state index in [0.29, 0.717) is 0 Å². The van der Waals surface area contributed by atoms with Crippen molar-refractivity contribution in [3.05, 3.63) is 54.2 Å². The van der Waals surface area contributed by atoms with Crippen LogP contribution in [-0.2, 0) is 6.54 Å². The van der Waals surface area contributed by atoms with E-state index in [1.807, 2.05) is 13.2 Å². The first kappa shape index (κ1) is 18.6. The number of hydrogen-bond donors (Lipinski definition) is 1. The Kier molecular flexibility index (Phi) is 5.95. The monoisotopic (exact) mass is 378 g/mol. The van der Waals surface area contributed by atoms with Gasteiger partial charge in [-0.25, -0.2) is 4.98 Å². The van der Waals surface area contributed by atoms with Gasteiger partial charge in [0.1, 0.15) is 5.82 Å². The zero-order chi connectivity index (χ0) is 19.2. The summed E-state index contributed by atoms with van der Waals surface area (Å²) in [5.41, 5.74) is 2.49. The summed E-state index contributed by atoms with van der Waals surface area (Å²) >= 11 is 0. The van der Waals surface area contributed by atoms with Crippen molar-refractivity contribution in [3.63, 3.8) is 0 Å². The van der Waals surface area contributed by atoms with Crippen LogP contribution in [-0.4, -0.2) is 62.2 Å². The van der Waals surface area contributed by atoms with Crippen molar-refractivity contribution in [3.8, 4) is 0 Å². The summed E-state index contributed by atoms with van der Waals surface area (Å²) in [5, 5.41) is 3.50. The van der Waals surface area contributed by atoms with Crippen LogP contribution in [0, 0.1) is 0 Å². The van der Waals surface area contributed by atoms with Crippen molar-refractivity contribution in [1.29, 1.82) is 0 Å². The number of anilines is 2. The molecule has 0 spiro atoms. The van der Waals surface area contributed by atoms with E-state index in [-0.39, 0.29) is 0 Å². The SMILES string of the molecule is CN=C(NCc1ccc(N2CCCC2)nc1)N1CCN(c2ccccc2)CC1. The minimum Gasteiger partial charge on any atom is -0.368 e. The molecule has 2 aromatic rings. The Hall–Kier alpha value is -2.76. The predicted molar refractivity (Wildman–Crippen MR) is 116 cm³/mol. The highest BCUT2D eigenvalue weighted by atomic mass is 15.3. The van der Waals surface area contributed by atoms with Crippen LogP contribution in [0.4, 0.5) is 11.5 Å². The second-order valence-electron chi connectivity index (χ2n) is 7.43. The highest BCUT2D eigenvalue weighted by Crippen LogP contribution is 2.18. The maximum absolute atomic E-state index is 4.65. The van der Waals surface area contributed by atoms with Crippen molar-refractivity contribution in [2.24, 2.45) is 4.99 Å². The summed E-state index contributed by atoms with van der Waals surface area (Å²) in [5.74, 6) is 2.07. The lowest BCUT2D eigenvalue weighted by molar-refractivity contribution is 0.372. The number of pyridine rings is 1. The molecule has 28 heavy (non-hydrogen) atoms. The molecule has 0 bridgehead atoms. The van der Waals surface area contributed by atoms with Gasteiger partial charge in [0.15, 0.2) is 5.96 Å². The van der Waals surface area contributed by atoms with Gasteiger partial charge in [0.05, 0.1) is 0 Å². The molecule has 1 aromatic heterocycles. The van der Waals surface area contributed by atoms with Crippen LogP contribution in [0.1, 0.15) is 18.4 Å². The third kappa shape index (κ3) is 4.38. The van der Waals surface area contributed by atoms with Gasteiger partial charge in [-0.3, -0.25) is 4.99 Å². The van der Waals surface area contributed by atoms with Crippen molar-refractivity contribution < 1.29 is 0 Å². The lowest BCUT2D eigenvalue weighted by Gasteiger charge is -2.37. The van der Waals surface area contributed by atoms with Gasteiger partial charge in [-0.15, -0.1) is 0 Å². The Labute approximate surface area is 167 Å². The number of nitrogens with one attached hydrogen (secondary N) is 1. The molecule has 6 heteroatoms. The van der Waals surface area contributed by atoms with E-state index in [0.717, 1.165) is 57.6 Å². The number of guanidine groups is 1. The summed E-state index contributed by atoms with van der Waals surface area (Å²) in [7, 11) is 1.86. The molecule has 148 valence electrons. The summed E-state index contributed by atoms with van der Waals surface area (Å²) in [4.78, 5) is 16.3. The number of piperazine rings is 1. The number of hydrogen-bond acceptors (Lipinski definition) is 4. The van der Waals surface area contributed by atoms with Crippen molar-refractivity contribution >= 4 is 17.5 Å². The Morgan fingerprint density at radius 1 is 0.929 bits per heavy atom. The molecular weight excluding hydrogens is 348 g/mol. The molecule has 0 unspecified atom stereocenters. The van der Waals surface area contributed by atoms with Gasteiger partial charge in [-0.1, -0.05) is 24.3 Å². The third-order valence-corrected chi connectivity index (χ3v) is 5.60. The molecular formula is C22H30N6. The topological polar surface area (TPSA) is 47.0 Å². The molecule has 0 aliphatic carbocycles. The minimum atomic E-state index is 0.749. The van der Waals surface area contributed by atoms with E-state index < -0.39 is 0 Å². The lowest BCUT2D eigenvalue weighted by Crippen LogP contribution is -2.52. The van der Waals surface area contributed by atoms with E-state index >= 15 is 0 Å². The molecule has 6 nitrogen and oxygen atoms in total. The molecule has 0 radical (unpaired) electrons. The molecule has 0 saturated carbocycles. The fourth-order valence-corrected chi connectivity index (χ4v) is 3.98. The van der Waals surface area contributed by atoms with Crippen LogP contribution in [0.2, 0.25) is 0 Å². The maximum Gasteiger partial charge on any atom is 0.194 e. The lowest BCUT2D eigenvalue weighted by atomic mass is 10.2. The molecule has 2 fully saturated rings. The maximum atomic E-state index is 4.65. The first-order valence-corrected chi connectivity index (χ1v) is 10.3. The average Bonchev–Trinajstić information content (AvgIpc) is 3.31. The highest BCUT2D eigenvalue weighted by molar-refractivity contribution is 5.80. The normalized spacial score (nSPS) is 17.9. The molecule has 2 saturated heterocycles. The Morgan fingerprint density at radius 2 is 1.68 bits per heavy atom. The Bertz CT molecular complexity index is 759. The van der Waals surface area contributed by atoms with Crippen LogP contribution < -0.4 is 15.1 Å². The molecule has 4 rings (SSSR count). The Morgan fingerprint density at radius 3 is 2.32 bits per heavy atom. The molecule has 2 aliphatic rings. The van der Waals surface area contributed by atoms with Crippen LogP contribution in [0.3, 0.4) is 0 Å². The number of benzene rings is 1. The number of para-hydroxylation sites is 1. The van der Waals surface area contributed by atoms with E-state index in [9.17, 15) is 0 Å². The number of aromatic nitrogens is 1. The molecule has 1 N–H and O–H groups in total. The van der Waals surface area contributed by atoms with E-state index in [1.165, 1.54) is 24.1 Å². The van der Waals surface area contributed by atoms with Crippen molar-refractivity contribution in [2.45, 2.75) is 19.4 Å². The van der Waals surface area contributed by atoms with Gasteiger partial charge < -0.3 is 20.0 Å². The summed E-state index contributed by atoms with van der Waals surface area (Å²) in [6.45, 7) is 6.98. The van der Waals surface area contributed by atoms with E-state index in [2.05, 4.69) is 72.5 Å². The molecule has 2 aliphatic heterocycles. The van der Waals surface area contributed by atoms with Gasteiger partial charge in [-0.05, 0) is 36.6 Å². The highest BCUT2D eigenvalue weighted by Gasteiger charge is 2.19. The van der Waals surface area contributed by atoms with Gasteiger partial charge >= 0.3 is 0 Å². The predicted octanol–water partition coefficient (Wildman–Crippen LogP) is 2.58. The summed E-state index contributed by atoms with van der Waals surface area (Å²) in [6, 6.07) is 15.0. The van der Waals surface area contributed by atoms with Crippen LogP contribution in [0.25, 0.3) is 0 Å². The number of rotatable bonds is 4. The molecule has 3 heterocycles. The first-order chi connectivity index (χ1) is 13.8. The van der Waals surface area contributed by atoms with Crippen molar-refractivity contribution in [2.75, 3.05) is 56.1 Å². The zero-order valence-corrected chi connectivity index (χ0v) is 16.7. The van der Waals surface area contributed by atoms with Crippen LogP contribution in [0.5, 0.6) is 0 Å². The average molecular weight is 379 g/mol. The fourth-order valence-electron chi connectivity index (χ4n) is 3.98. The Balaban J connectivity index is 1.28. The van der Waals surface area contributed by atoms with Crippen LogP contribution >= 0.6 is 0 Å². The standard InChI is InChI=1S/C22H30N6/c1-23-22(28-15-13-26(14-16-28)20-7-3-2-4-8-20)25-18-19-9-10-21(24-17-19)27-11-5-6-12-27/h2-4,7-10,17H,5-6,11-16,18H2,1H3,(H,23,25). The fraction of sp³-hybridized carbons (Fsp3) is 0.455. The van der Waals surface area contributed by atoms with E-state index in [1.54, 1.807) is 0 Å². The second-order valence-corrected chi connectivity index (χ2v) is 7.43. The number of nitrogens with zero attached hydrogens (tertiary/aromatic N) is 5. The van der Waals surface area contributed by atoms with Gasteiger partial charge in [0.2, 0.25) is 0 Å². The quantitative estimate of drug-likeness (QED) is 0.655.